The molecule has 0 aromatic heterocycles. The van der Waals surface area contributed by atoms with E-state index in [2.05, 4.69) is 68.5 Å². The molecular formula is C75H127N23O14. The highest BCUT2D eigenvalue weighted by molar-refractivity contribution is 6.00. The van der Waals surface area contributed by atoms with Crippen LogP contribution in [0, 0.1) is 17.8 Å². The van der Waals surface area contributed by atoms with Crippen molar-refractivity contribution in [1.82, 2.24) is 63.4 Å². The van der Waals surface area contributed by atoms with Crippen molar-refractivity contribution in [2.24, 2.45) is 79.3 Å². The summed E-state index contributed by atoms with van der Waals surface area (Å²) in [4.78, 5) is 192. The first-order chi connectivity index (χ1) is 53.2. The molecule has 0 radical (unpaired) electrons. The van der Waals surface area contributed by atoms with Crippen LogP contribution in [0.15, 0.2) is 64.6 Å². The molecule has 1 saturated heterocycles. The number of aromatic hydroxyl groups is 1. The van der Waals surface area contributed by atoms with Gasteiger partial charge in [0.15, 0.2) is 11.9 Å². The van der Waals surface area contributed by atoms with Crippen LogP contribution < -0.4 is 110 Å². The van der Waals surface area contributed by atoms with E-state index < -0.39 is 162 Å². The van der Waals surface area contributed by atoms with Gasteiger partial charge in [-0.1, -0.05) is 90.4 Å². The van der Waals surface area contributed by atoms with Crippen LogP contribution in [0.2, 0.25) is 0 Å². The lowest BCUT2D eigenvalue weighted by Crippen LogP contribution is -2.61. The lowest BCUT2D eigenvalue weighted by molar-refractivity contribution is -0.143. The minimum Gasteiger partial charge on any atom is -0.508 e. The Morgan fingerprint density at radius 2 is 0.893 bits per heavy atom. The third-order valence-electron chi connectivity index (χ3n) is 18.7. The molecule has 3 rings (SSSR count). The first-order valence-corrected chi connectivity index (χ1v) is 38.9. The molecule has 37 nitrogen and oxygen atoms in total. The molecule has 12 atom stereocenters. The number of carbonyl (C=O) groups excluding carboxylic acids is 13. The number of phenols is 1. The van der Waals surface area contributed by atoms with Gasteiger partial charge in [0.25, 0.3) is 0 Å². The molecule has 30 N–H and O–H groups in total. The molecule has 626 valence electrons. The van der Waals surface area contributed by atoms with Gasteiger partial charge in [0.2, 0.25) is 76.8 Å². The van der Waals surface area contributed by atoms with Gasteiger partial charge in [0.05, 0.1) is 19.1 Å². The fourth-order valence-corrected chi connectivity index (χ4v) is 12.4. The van der Waals surface area contributed by atoms with Crippen LogP contribution in [-0.4, -0.2) is 218 Å². The summed E-state index contributed by atoms with van der Waals surface area (Å²) in [6.45, 7) is 10.5. The fourth-order valence-electron chi connectivity index (χ4n) is 12.4. The molecule has 37 heteroatoms. The normalized spacial score (nSPS) is 15.5. The highest BCUT2D eigenvalue weighted by atomic mass is 16.3. The Bertz CT molecular complexity index is 3400. The Morgan fingerprint density at radius 1 is 0.464 bits per heavy atom. The molecular weight excluding hydrogens is 1450 g/mol. The lowest BCUT2D eigenvalue weighted by atomic mass is 9.96. The second-order valence-corrected chi connectivity index (χ2v) is 29.2. The van der Waals surface area contributed by atoms with E-state index in [0.717, 1.165) is 0 Å². The summed E-state index contributed by atoms with van der Waals surface area (Å²) in [7, 11) is 0. The predicted octanol–water partition coefficient (Wildman–Crippen LogP) is -3.79. The SMILES string of the molecule is CCC(C)[C@H](NC(=O)[C@H](CCCN=C(N)N)NC(=O)[C@H](CCCCN)NC(=O)[C@H](CC(C)C)NC(=O)[C@H](Cc1ccccc1)NC(=O)CNC(=O)CNC(=O)[C@@H](N)Cc1ccc(O)cc1)C(=O)N[C@@H](CCCN=C(N)N)C(=O)N1CCC[C@H]1C(=O)N[C@@H](CCCCN)C(=O)N[C@@H](CC(C)C)C(=O)N[C@@H](CCCCN)C(N)=O. The van der Waals surface area contributed by atoms with Crippen molar-refractivity contribution >= 4 is 88.7 Å². The topological polar surface area (TPSA) is 637 Å². The highest BCUT2D eigenvalue weighted by Crippen LogP contribution is 2.22. The summed E-state index contributed by atoms with van der Waals surface area (Å²) in [5, 5.41) is 39.3. The largest absolute Gasteiger partial charge is 0.508 e. The van der Waals surface area contributed by atoms with Gasteiger partial charge in [-0.15, -0.1) is 0 Å². The molecule has 1 unspecified atom stereocenters. The number of carbonyl (C=O) groups is 13. The third-order valence-corrected chi connectivity index (χ3v) is 18.7. The smallest absolute Gasteiger partial charge is 0.245 e. The number of benzene rings is 2. The van der Waals surface area contributed by atoms with E-state index in [4.69, 9.17) is 51.6 Å². The molecule has 1 aliphatic rings. The molecule has 0 spiro atoms. The number of guanidine groups is 2. The number of unbranched alkanes of at least 4 members (excludes halogenated alkanes) is 3. The molecule has 1 heterocycles. The van der Waals surface area contributed by atoms with E-state index in [0.29, 0.717) is 69.0 Å². The maximum atomic E-state index is 15.1. The number of likely N-dealkylation sites (tertiary alicyclic amines) is 1. The zero-order valence-corrected chi connectivity index (χ0v) is 65.9. The summed E-state index contributed by atoms with van der Waals surface area (Å²) in [5.74, 6) is -11.2. The maximum absolute atomic E-state index is 15.1. The molecule has 0 bridgehead atoms. The van der Waals surface area contributed by atoms with Crippen LogP contribution in [0.5, 0.6) is 5.75 Å². The van der Waals surface area contributed by atoms with Gasteiger partial charge in [-0.25, -0.2) is 0 Å². The zero-order valence-electron chi connectivity index (χ0n) is 65.9. The summed E-state index contributed by atoms with van der Waals surface area (Å²) in [5.41, 5.74) is 53.0. The average molecular weight is 1570 g/mol. The zero-order chi connectivity index (χ0) is 83.4. The fraction of sp³-hybridized carbons (Fsp3) is 0.640. The average Bonchev–Trinajstić information content (AvgIpc) is 1.46. The van der Waals surface area contributed by atoms with Gasteiger partial charge in [0.1, 0.15) is 66.2 Å². The quantitative estimate of drug-likeness (QED) is 0.0172. The minimum atomic E-state index is -1.43. The number of nitrogens with zero attached hydrogens (tertiary/aromatic N) is 3. The van der Waals surface area contributed by atoms with E-state index in [1.807, 2.05) is 13.8 Å². The van der Waals surface area contributed by atoms with Gasteiger partial charge in [-0.3, -0.25) is 72.3 Å². The lowest BCUT2D eigenvalue weighted by Gasteiger charge is -2.32. The van der Waals surface area contributed by atoms with E-state index in [1.165, 1.54) is 17.0 Å². The molecule has 0 saturated carbocycles. The van der Waals surface area contributed by atoms with E-state index >= 15 is 4.79 Å². The molecule has 13 amide bonds. The number of hydrogen-bond acceptors (Lipinski definition) is 20. The Morgan fingerprint density at radius 3 is 1.38 bits per heavy atom. The van der Waals surface area contributed by atoms with Gasteiger partial charge < -0.3 is 120 Å². The first kappa shape index (κ1) is 95.9. The van der Waals surface area contributed by atoms with Crippen molar-refractivity contribution in [3.63, 3.8) is 0 Å². The highest BCUT2D eigenvalue weighted by Gasteiger charge is 2.42. The van der Waals surface area contributed by atoms with Gasteiger partial charge in [0, 0.05) is 26.1 Å². The minimum absolute atomic E-state index is 0.0000365. The predicted molar refractivity (Wildman–Crippen MR) is 424 cm³/mol. The summed E-state index contributed by atoms with van der Waals surface area (Å²) in [6, 6.07) is 1.00. The molecule has 1 aliphatic heterocycles. The molecule has 2 aromatic carbocycles. The van der Waals surface area contributed by atoms with Crippen LogP contribution in [0.3, 0.4) is 0 Å². The Hall–Kier alpha value is -10.3. The van der Waals surface area contributed by atoms with E-state index in [1.54, 1.807) is 70.2 Å². The van der Waals surface area contributed by atoms with E-state index in [9.17, 15) is 62.6 Å². The Kier molecular flexibility index (Phi) is 44.6. The monoisotopic (exact) mass is 1570 g/mol. The van der Waals surface area contributed by atoms with Crippen LogP contribution >= 0.6 is 0 Å². The summed E-state index contributed by atoms with van der Waals surface area (Å²) >= 11 is 0. The van der Waals surface area contributed by atoms with Crippen molar-refractivity contribution in [3.8, 4) is 5.75 Å². The van der Waals surface area contributed by atoms with Crippen molar-refractivity contribution in [2.75, 3.05) is 52.4 Å². The van der Waals surface area contributed by atoms with Crippen molar-refractivity contribution < 1.29 is 67.4 Å². The molecule has 112 heavy (non-hydrogen) atoms. The summed E-state index contributed by atoms with van der Waals surface area (Å²) in [6.07, 6.45) is 4.09. The second kappa shape index (κ2) is 52.1. The van der Waals surface area contributed by atoms with Gasteiger partial charge >= 0.3 is 0 Å². The van der Waals surface area contributed by atoms with Gasteiger partial charge in [-0.05, 0) is 176 Å². The number of hydrogen-bond donors (Lipinski definition) is 21. The van der Waals surface area contributed by atoms with Crippen molar-refractivity contribution in [3.05, 3.63) is 65.7 Å². The van der Waals surface area contributed by atoms with Crippen LogP contribution in [0.4, 0.5) is 0 Å². The van der Waals surface area contributed by atoms with Crippen LogP contribution in [0.25, 0.3) is 0 Å². The first-order valence-electron chi connectivity index (χ1n) is 38.9. The number of primary amides is 1. The standard InChI is InChI=1S/C75H127N23O14/c1-7-46(6)62(72(111)94-55(26-18-36-86-75(83)84)73(112)98-37-19-27-59(98)71(110)93-53(24-13-16-34-78)66(105)95-56(38-44(2)3)68(107)90-51(63(80)102)22-11-14-32-76)97-67(106)54(25-17-35-85-74(81)82)91-65(104)52(23-12-15-33-77)92-69(108)57(39-45(4)5)96-70(109)58(41-47-20-9-8-10-21-47)89-61(101)43-87-60(100)42-88-64(103)50(79)40-48-28-30-49(99)31-29-48/h8-10,20-21,28-31,44-46,50-59,62,99H,7,11-19,22-27,32-43,76-79H2,1-6H3,(H2,80,102)(H,87,100)(H,88,103)(H,89,101)(H,90,107)(H,91,104)(H,92,108)(H,93,110)(H,94,111)(H,95,105)(H,96,109)(H,97,106)(H4,81,82,85)(H4,83,84,86)/t46?,50-,51-,52-,53-,54-,55-,56-,57-,58-,59-,62-/m0/s1. The number of nitrogens with two attached hydrogens (primary N) is 9. The van der Waals surface area contributed by atoms with Crippen LogP contribution in [0.1, 0.15) is 168 Å². The number of amides is 13. The Labute approximate surface area is 656 Å². The second-order valence-electron chi connectivity index (χ2n) is 29.2. The number of phenolic OH excluding ortho intramolecular Hbond substituents is 1. The van der Waals surface area contributed by atoms with Gasteiger partial charge in [-0.2, -0.15) is 0 Å². The molecule has 2 aromatic rings. The number of rotatable bonds is 54. The van der Waals surface area contributed by atoms with E-state index in [-0.39, 0.29) is 139 Å². The molecule has 0 aliphatic carbocycles. The third kappa shape index (κ3) is 36.7. The van der Waals surface area contributed by atoms with Crippen molar-refractivity contribution in [2.45, 2.75) is 236 Å². The van der Waals surface area contributed by atoms with Crippen molar-refractivity contribution in [1.29, 1.82) is 0 Å². The van der Waals surface area contributed by atoms with Crippen LogP contribution in [-0.2, 0) is 75.2 Å². The Balaban J connectivity index is 1.94. The maximum Gasteiger partial charge on any atom is 0.245 e. The summed E-state index contributed by atoms with van der Waals surface area (Å²) < 4.78 is 0. The number of nitrogens with one attached hydrogen (secondary N) is 11. The molecule has 1 fully saturated rings. The number of aliphatic imine (C=N–C) groups is 2.